The third-order valence-electron chi connectivity index (χ3n) is 6.06. The predicted molar refractivity (Wildman–Crippen MR) is 138 cm³/mol. The third-order valence-corrected chi connectivity index (χ3v) is 7.80. The maximum Gasteiger partial charge on any atom is 0.268 e. The van der Waals surface area contributed by atoms with Crippen LogP contribution in [0.4, 0.5) is 11.4 Å². The molecule has 0 bridgehead atoms. The average Bonchev–Trinajstić information content (AvgIpc) is 2.85. The van der Waals surface area contributed by atoms with Gasteiger partial charge >= 0.3 is 0 Å². The van der Waals surface area contributed by atoms with Gasteiger partial charge in [0.15, 0.2) is 0 Å². The van der Waals surface area contributed by atoms with Gasteiger partial charge in [0.05, 0.1) is 30.5 Å². The van der Waals surface area contributed by atoms with Crippen molar-refractivity contribution in [3.8, 4) is 17.2 Å². The molecule has 0 amide bonds. The Morgan fingerprint density at radius 2 is 1.31 bits per heavy atom. The molecule has 4 rings (SSSR count). The zero-order valence-corrected chi connectivity index (χ0v) is 21.4. The fraction of sp³-hybridized carbons (Fsp3) is 0.333. The van der Waals surface area contributed by atoms with Gasteiger partial charge in [0, 0.05) is 0 Å². The number of hydrogen-bond acceptors (Lipinski definition) is 6. The maximum atomic E-state index is 14.2. The molecule has 0 aliphatic carbocycles. The molecule has 7 nitrogen and oxygen atoms in total. The Labute approximate surface area is 207 Å². The zero-order chi connectivity index (χ0) is 25.0. The first kappa shape index (κ1) is 24.9. The van der Waals surface area contributed by atoms with Crippen LogP contribution in [0.25, 0.3) is 0 Å². The Morgan fingerprint density at radius 3 is 1.80 bits per heavy atom. The minimum Gasteiger partial charge on any atom is -0.495 e. The Morgan fingerprint density at radius 1 is 0.800 bits per heavy atom. The molecule has 3 aromatic carbocycles. The van der Waals surface area contributed by atoms with Crippen LogP contribution in [0.5, 0.6) is 17.2 Å². The molecule has 1 saturated heterocycles. The van der Waals surface area contributed by atoms with Gasteiger partial charge in [0.25, 0.3) is 10.0 Å². The summed E-state index contributed by atoms with van der Waals surface area (Å²) in [5.41, 5.74) is 2.62. The van der Waals surface area contributed by atoms with E-state index in [1.54, 1.807) is 48.5 Å². The fourth-order valence-electron chi connectivity index (χ4n) is 4.21. The van der Waals surface area contributed by atoms with E-state index in [-0.39, 0.29) is 11.0 Å². The lowest BCUT2D eigenvalue weighted by atomic mass is 10.1. The molecule has 0 radical (unpaired) electrons. The van der Waals surface area contributed by atoms with Crippen LogP contribution in [0.1, 0.15) is 24.0 Å². The number of nitrogens with zero attached hydrogens (tertiary/aromatic N) is 1. The van der Waals surface area contributed by atoms with Gasteiger partial charge in [-0.2, -0.15) is 0 Å². The number of sulfonamides is 1. The summed E-state index contributed by atoms with van der Waals surface area (Å²) in [7, 11) is -0.994. The van der Waals surface area contributed by atoms with Crippen LogP contribution >= 0.6 is 0 Å². The van der Waals surface area contributed by atoms with Crippen LogP contribution in [-0.2, 0) is 10.0 Å². The van der Waals surface area contributed by atoms with E-state index >= 15 is 0 Å². The Hall–Kier alpha value is -3.23. The second-order valence-electron chi connectivity index (χ2n) is 8.66. The number of hydrogen-bond donors (Lipinski definition) is 1. The van der Waals surface area contributed by atoms with Gasteiger partial charge in [-0.25, -0.2) is 12.7 Å². The lowest BCUT2D eigenvalue weighted by Crippen LogP contribution is -2.34. The summed E-state index contributed by atoms with van der Waals surface area (Å²) in [6.45, 7) is 5.66. The molecule has 1 N–H and O–H groups in total. The van der Waals surface area contributed by atoms with Crippen LogP contribution in [-0.4, -0.2) is 41.8 Å². The second-order valence-corrected chi connectivity index (χ2v) is 10.4. The number of ether oxygens (including phenoxy) is 3. The normalized spacial score (nSPS) is 14.4. The number of piperidine rings is 1. The van der Waals surface area contributed by atoms with Gasteiger partial charge in [0.1, 0.15) is 23.4 Å². The van der Waals surface area contributed by atoms with Crippen molar-refractivity contribution in [2.24, 2.45) is 0 Å². The van der Waals surface area contributed by atoms with Crippen molar-refractivity contribution in [2.75, 3.05) is 31.6 Å². The van der Waals surface area contributed by atoms with E-state index < -0.39 is 10.0 Å². The SMILES string of the molecule is COc1ccc(C)cc1N(c1cc(C)ccc1OC)S(=O)(=O)c1ccc(OC2CCNCC2)cc1. The highest BCUT2D eigenvalue weighted by Gasteiger charge is 2.31. The number of methoxy groups -OCH3 is 2. The number of rotatable bonds is 8. The summed E-state index contributed by atoms with van der Waals surface area (Å²) in [4.78, 5) is 0.141. The smallest absolute Gasteiger partial charge is 0.268 e. The first-order valence-corrected chi connectivity index (χ1v) is 13.1. The standard InChI is InChI=1S/C27H32N2O5S/c1-19-5-11-26(32-3)24(17-19)29(25-18-20(2)6-12-27(25)33-4)35(30,31)23-9-7-21(8-10-23)34-22-13-15-28-16-14-22/h5-12,17-18,22,28H,13-16H2,1-4H3. The van der Waals surface area contributed by atoms with Crippen molar-refractivity contribution in [3.63, 3.8) is 0 Å². The van der Waals surface area contributed by atoms with Crippen molar-refractivity contribution < 1.29 is 22.6 Å². The number of anilines is 2. The highest BCUT2D eigenvalue weighted by molar-refractivity contribution is 7.93. The van der Waals surface area contributed by atoms with E-state index in [9.17, 15) is 8.42 Å². The van der Waals surface area contributed by atoms with Crippen LogP contribution in [0.15, 0.2) is 65.6 Å². The fourth-order valence-corrected chi connectivity index (χ4v) is 5.70. The summed E-state index contributed by atoms with van der Waals surface area (Å²) in [5, 5.41) is 3.31. The molecule has 1 aliphatic heterocycles. The van der Waals surface area contributed by atoms with Gasteiger partial charge in [-0.05, 0) is 99.4 Å². The van der Waals surface area contributed by atoms with E-state index in [4.69, 9.17) is 14.2 Å². The van der Waals surface area contributed by atoms with Crippen LogP contribution < -0.4 is 23.8 Å². The molecule has 1 heterocycles. The van der Waals surface area contributed by atoms with Gasteiger partial charge in [-0.15, -0.1) is 0 Å². The summed E-state index contributed by atoms with van der Waals surface area (Å²) >= 11 is 0. The quantitative estimate of drug-likeness (QED) is 0.474. The molecular weight excluding hydrogens is 464 g/mol. The highest BCUT2D eigenvalue weighted by atomic mass is 32.2. The molecule has 1 fully saturated rings. The molecule has 186 valence electrons. The summed E-state index contributed by atoms with van der Waals surface area (Å²) in [6, 6.07) is 17.5. The van der Waals surface area contributed by atoms with E-state index in [0.717, 1.165) is 37.1 Å². The van der Waals surface area contributed by atoms with Crippen molar-refractivity contribution in [2.45, 2.75) is 37.7 Å². The van der Waals surface area contributed by atoms with Crippen molar-refractivity contribution in [1.29, 1.82) is 0 Å². The summed E-state index contributed by atoms with van der Waals surface area (Å²) in [5.74, 6) is 1.53. The minimum atomic E-state index is -4.05. The minimum absolute atomic E-state index is 0.128. The van der Waals surface area contributed by atoms with E-state index in [2.05, 4.69) is 5.32 Å². The monoisotopic (exact) mass is 496 g/mol. The first-order valence-electron chi connectivity index (χ1n) is 11.7. The van der Waals surface area contributed by atoms with Gasteiger partial charge in [-0.1, -0.05) is 12.1 Å². The number of benzene rings is 3. The third kappa shape index (κ3) is 5.39. The maximum absolute atomic E-state index is 14.2. The average molecular weight is 497 g/mol. The molecule has 0 atom stereocenters. The largest absolute Gasteiger partial charge is 0.495 e. The van der Waals surface area contributed by atoms with Gasteiger partial charge in [-0.3, -0.25) is 0 Å². The van der Waals surface area contributed by atoms with E-state index in [1.807, 2.05) is 26.0 Å². The summed E-state index contributed by atoms with van der Waals surface area (Å²) in [6.07, 6.45) is 1.98. The Balaban J connectivity index is 1.80. The zero-order valence-electron chi connectivity index (χ0n) is 20.6. The molecule has 0 saturated carbocycles. The molecular formula is C27H32N2O5S. The van der Waals surface area contributed by atoms with Crippen LogP contribution in [0, 0.1) is 13.8 Å². The van der Waals surface area contributed by atoms with Crippen LogP contribution in [0.3, 0.4) is 0 Å². The van der Waals surface area contributed by atoms with Gasteiger partial charge in [0.2, 0.25) is 0 Å². The van der Waals surface area contributed by atoms with Gasteiger partial charge < -0.3 is 19.5 Å². The molecule has 0 spiro atoms. The molecule has 0 aromatic heterocycles. The lowest BCUT2D eigenvalue weighted by Gasteiger charge is -2.28. The molecule has 0 unspecified atom stereocenters. The molecule has 35 heavy (non-hydrogen) atoms. The molecule has 1 aliphatic rings. The Kier molecular flexibility index (Phi) is 7.52. The predicted octanol–water partition coefficient (Wildman–Crippen LogP) is 4.98. The van der Waals surface area contributed by atoms with Crippen LogP contribution in [0.2, 0.25) is 0 Å². The number of nitrogens with one attached hydrogen (secondary N) is 1. The van der Waals surface area contributed by atoms with Crippen molar-refractivity contribution in [3.05, 3.63) is 71.8 Å². The highest BCUT2D eigenvalue weighted by Crippen LogP contribution is 2.43. The Bertz CT molecular complexity index is 1220. The van der Waals surface area contributed by atoms with E-state index in [1.165, 1.54) is 18.5 Å². The van der Waals surface area contributed by atoms with Crippen molar-refractivity contribution in [1.82, 2.24) is 5.32 Å². The van der Waals surface area contributed by atoms with E-state index in [0.29, 0.717) is 28.6 Å². The lowest BCUT2D eigenvalue weighted by molar-refractivity contribution is 0.162. The number of aryl methyl sites for hydroxylation is 2. The molecule has 8 heteroatoms. The topological polar surface area (TPSA) is 77.1 Å². The second kappa shape index (κ2) is 10.6. The van der Waals surface area contributed by atoms with Crippen molar-refractivity contribution >= 4 is 21.4 Å². The first-order chi connectivity index (χ1) is 16.8. The summed E-state index contributed by atoms with van der Waals surface area (Å²) < 4.78 is 46.8. The molecule has 3 aromatic rings.